The van der Waals surface area contributed by atoms with Crippen molar-refractivity contribution >= 4 is 21.6 Å². The maximum absolute atomic E-state index is 12.1. The van der Waals surface area contributed by atoms with Crippen LogP contribution in [0.3, 0.4) is 0 Å². The van der Waals surface area contributed by atoms with E-state index in [1.54, 1.807) is 13.8 Å². The van der Waals surface area contributed by atoms with Gasteiger partial charge in [-0.3, -0.25) is 0 Å². The highest BCUT2D eigenvalue weighted by atomic mass is 35.5. The van der Waals surface area contributed by atoms with Crippen molar-refractivity contribution in [1.82, 2.24) is 9.88 Å². The molecule has 0 radical (unpaired) electrons. The fraction of sp³-hybridized carbons (Fsp3) is 0.727. The molecular weight excluding hydrogens is 276 g/mol. The fourth-order valence-electron chi connectivity index (χ4n) is 1.57. The zero-order valence-corrected chi connectivity index (χ0v) is 12.7. The Morgan fingerprint density at radius 3 is 2.44 bits per heavy atom. The average Bonchev–Trinajstić information content (AvgIpc) is 2.56. The summed E-state index contributed by atoms with van der Waals surface area (Å²) in [6, 6.07) is 0. The molecule has 0 atom stereocenters. The summed E-state index contributed by atoms with van der Waals surface area (Å²) in [5.41, 5.74) is 0.184. The van der Waals surface area contributed by atoms with Crippen LogP contribution in [0.25, 0.3) is 0 Å². The molecule has 0 saturated heterocycles. The quantitative estimate of drug-likeness (QED) is 0.817. The van der Waals surface area contributed by atoms with Crippen molar-refractivity contribution in [3.8, 4) is 0 Å². The lowest BCUT2D eigenvalue weighted by atomic mass is 9.91. The molecule has 5 nitrogen and oxygen atoms in total. The van der Waals surface area contributed by atoms with E-state index in [0.717, 1.165) is 6.42 Å². The van der Waals surface area contributed by atoms with Gasteiger partial charge in [0.15, 0.2) is 5.76 Å². The van der Waals surface area contributed by atoms with E-state index in [9.17, 15) is 8.42 Å². The van der Waals surface area contributed by atoms with E-state index in [2.05, 4.69) is 9.88 Å². The number of nitrogens with zero attached hydrogens (tertiary/aromatic N) is 1. The summed E-state index contributed by atoms with van der Waals surface area (Å²) in [7, 11) is -3.58. The first-order valence-corrected chi connectivity index (χ1v) is 7.70. The lowest BCUT2D eigenvalue weighted by Crippen LogP contribution is -2.34. The van der Waals surface area contributed by atoms with Crippen molar-refractivity contribution in [2.75, 3.05) is 12.4 Å². The Hall–Kier alpha value is -0.590. The monoisotopic (exact) mass is 294 g/mol. The lowest BCUT2D eigenvalue weighted by Gasteiger charge is -2.23. The fourth-order valence-corrected chi connectivity index (χ4v) is 3.64. The van der Waals surface area contributed by atoms with Gasteiger partial charge in [0.05, 0.1) is 0 Å². The van der Waals surface area contributed by atoms with Gasteiger partial charge in [-0.15, -0.1) is 11.6 Å². The maximum atomic E-state index is 12.1. The Labute approximate surface area is 113 Å². The second kappa shape index (κ2) is 5.59. The van der Waals surface area contributed by atoms with Gasteiger partial charge in [-0.05, 0) is 25.7 Å². The van der Waals surface area contributed by atoms with Crippen LogP contribution in [0, 0.1) is 19.3 Å². The zero-order valence-electron chi connectivity index (χ0n) is 11.1. The van der Waals surface area contributed by atoms with Crippen LogP contribution in [0.1, 0.15) is 31.7 Å². The molecule has 0 unspecified atom stereocenters. The first-order chi connectivity index (χ1) is 8.19. The third-order valence-corrected chi connectivity index (χ3v) is 4.58. The molecule has 0 aliphatic carbocycles. The molecule has 1 N–H and O–H groups in total. The van der Waals surface area contributed by atoms with Gasteiger partial charge in [-0.2, -0.15) is 0 Å². The molecule has 0 fully saturated rings. The molecule has 1 heterocycles. The summed E-state index contributed by atoms with van der Waals surface area (Å²) in [6.45, 7) is 7.44. The van der Waals surface area contributed by atoms with Crippen LogP contribution in [0.5, 0.6) is 0 Å². The topological polar surface area (TPSA) is 72.2 Å². The summed E-state index contributed by atoms with van der Waals surface area (Å²) < 4.78 is 31.7. The highest BCUT2D eigenvalue weighted by Gasteiger charge is 2.26. The van der Waals surface area contributed by atoms with Gasteiger partial charge in [0.2, 0.25) is 10.0 Å². The highest BCUT2D eigenvalue weighted by Crippen LogP contribution is 2.23. The first kappa shape index (κ1) is 15.5. The Morgan fingerprint density at radius 2 is 2.00 bits per heavy atom. The average molecular weight is 295 g/mol. The third-order valence-electron chi connectivity index (χ3n) is 2.75. The molecule has 0 aliphatic heterocycles. The molecule has 0 saturated carbocycles. The number of hydrogen-bond donors (Lipinski definition) is 1. The van der Waals surface area contributed by atoms with Crippen LogP contribution in [0.15, 0.2) is 9.42 Å². The predicted octanol–water partition coefficient (Wildman–Crippen LogP) is 2.22. The summed E-state index contributed by atoms with van der Waals surface area (Å²) in [5.74, 6) is 0.801. The predicted molar refractivity (Wildman–Crippen MR) is 70.3 cm³/mol. The van der Waals surface area contributed by atoms with Gasteiger partial charge < -0.3 is 4.52 Å². The molecule has 7 heteroatoms. The molecule has 0 aliphatic rings. The number of halogens is 1. The summed E-state index contributed by atoms with van der Waals surface area (Å²) in [6.07, 6.45) is 0.735. The zero-order chi connectivity index (χ0) is 14.0. The van der Waals surface area contributed by atoms with E-state index >= 15 is 0 Å². The summed E-state index contributed by atoms with van der Waals surface area (Å²) in [5, 5.41) is 3.65. The molecule has 0 spiro atoms. The minimum absolute atomic E-state index is 0.129. The first-order valence-electron chi connectivity index (χ1n) is 5.68. The lowest BCUT2D eigenvalue weighted by molar-refractivity contribution is 0.352. The number of rotatable bonds is 6. The SMILES string of the molecule is Cc1noc(C)c1S(=O)(=O)NCC(C)(C)CCCl. The van der Waals surface area contributed by atoms with Crippen molar-refractivity contribution < 1.29 is 12.9 Å². The van der Waals surface area contributed by atoms with E-state index in [1.165, 1.54) is 0 Å². The Bertz CT molecular complexity index is 489. The molecule has 104 valence electrons. The molecule has 0 amide bonds. The second-order valence-electron chi connectivity index (χ2n) is 5.08. The summed E-state index contributed by atoms with van der Waals surface area (Å²) >= 11 is 5.68. The smallest absolute Gasteiger partial charge is 0.245 e. The minimum atomic E-state index is -3.58. The molecule has 1 rings (SSSR count). The van der Waals surface area contributed by atoms with Crippen LogP contribution in [-0.4, -0.2) is 26.0 Å². The number of alkyl halides is 1. The van der Waals surface area contributed by atoms with E-state index in [4.69, 9.17) is 16.1 Å². The number of nitrogens with one attached hydrogen (secondary N) is 1. The number of aryl methyl sites for hydroxylation is 2. The number of sulfonamides is 1. The molecule has 0 bridgehead atoms. The van der Waals surface area contributed by atoms with Crippen LogP contribution in [-0.2, 0) is 10.0 Å². The third kappa shape index (κ3) is 3.70. The van der Waals surface area contributed by atoms with Gasteiger partial charge in [0.25, 0.3) is 0 Å². The van der Waals surface area contributed by atoms with Gasteiger partial charge in [-0.25, -0.2) is 13.1 Å². The maximum Gasteiger partial charge on any atom is 0.245 e. The molecule has 1 aromatic heterocycles. The van der Waals surface area contributed by atoms with Gasteiger partial charge in [0.1, 0.15) is 10.6 Å². The van der Waals surface area contributed by atoms with Crippen molar-refractivity contribution in [2.45, 2.75) is 39.0 Å². The normalized spacial score (nSPS) is 12.9. The number of hydrogen-bond acceptors (Lipinski definition) is 4. The van der Waals surface area contributed by atoms with Crippen LogP contribution >= 0.6 is 11.6 Å². The molecule has 1 aromatic rings. The van der Waals surface area contributed by atoms with Gasteiger partial charge in [-0.1, -0.05) is 19.0 Å². The highest BCUT2D eigenvalue weighted by molar-refractivity contribution is 7.89. The van der Waals surface area contributed by atoms with Crippen LogP contribution in [0.4, 0.5) is 0 Å². The van der Waals surface area contributed by atoms with Crippen molar-refractivity contribution in [1.29, 1.82) is 0 Å². The van der Waals surface area contributed by atoms with Gasteiger partial charge >= 0.3 is 0 Å². The second-order valence-corrected chi connectivity index (χ2v) is 7.16. The minimum Gasteiger partial charge on any atom is -0.360 e. The van der Waals surface area contributed by atoms with Crippen molar-refractivity contribution in [2.24, 2.45) is 5.41 Å². The van der Waals surface area contributed by atoms with Crippen LogP contribution in [0.2, 0.25) is 0 Å². The standard InChI is InChI=1S/C11H19ClN2O3S/c1-8-10(9(2)17-14-8)18(15,16)13-7-11(3,4)5-6-12/h13H,5-7H2,1-4H3. The van der Waals surface area contributed by atoms with Crippen molar-refractivity contribution in [3.63, 3.8) is 0 Å². The summed E-state index contributed by atoms with van der Waals surface area (Å²) in [4.78, 5) is 0.129. The largest absolute Gasteiger partial charge is 0.360 e. The van der Waals surface area contributed by atoms with Crippen LogP contribution < -0.4 is 4.72 Å². The Kier molecular flexibility index (Phi) is 4.80. The Morgan fingerprint density at radius 1 is 1.39 bits per heavy atom. The van der Waals surface area contributed by atoms with E-state index < -0.39 is 10.0 Å². The van der Waals surface area contributed by atoms with E-state index in [0.29, 0.717) is 23.9 Å². The number of aromatic nitrogens is 1. The Balaban J connectivity index is 2.84. The van der Waals surface area contributed by atoms with Crippen molar-refractivity contribution in [3.05, 3.63) is 11.5 Å². The van der Waals surface area contributed by atoms with Gasteiger partial charge in [0, 0.05) is 12.4 Å². The molecule has 18 heavy (non-hydrogen) atoms. The van der Waals surface area contributed by atoms with E-state index in [1.807, 2.05) is 13.8 Å². The molecule has 0 aromatic carbocycles. The molecular formula is C11H19ClN2O3S. The van der Waals surface area contributed by atoms with E-state index in [-0.39, 0.29) is 10.3 Å².